The lowest BCUT2D eigenvalue weighted by molar-refractivity contribution is -0.385. The van der Waals surface area contributed by atoms with Crippen molar-refractivity contribution >= 4 is 28.4 Å². The Hall–Kier alpha value is -2.49. The lowest BCUT2D eigenvalue weighted by atomic mass is 9.91. The molecule has 0 N–H and O–H groups in total. The minimum Gasteiger partial charge on any atom is -0.284 e. The molecule has 25 heavy (non-hydrogen) atoms. The minimum atomic E-state index is -1.94. The van der Waals surface area contributed by atoms with Crippen LogP contribution in [0.1, 0.15) is 18.9 Å². The molecule has 10 heteroatoms. The van der Waals surface area contributed by atoms with Crippen molar-refractivity contribution in [3.8, 4) is 0 Å². The lowest BCUT2D eigenvalue weighted by Crippen LogP contribution is -2.47. The van der Waals surface area contributed by atoms with Crippen molar-refractivity contribution in [2.75, 3.05) is 6.67 Å². The highest BCUT2D eigenvalue weighted by Crippen LogP contribution is 2.46. The average Bonchev–Trinajstić information content (AvgIpc) is 2.58. The predicted molar refractivity (Wildman–Crippen MR) is 89.8 cm³/mol. The van der Waals surface area contributed by atoms with E-state index in [1.807, 2.05) is 0 Å². The van der Waals surface area contributed by atoms with E-state index in [0.29, 0.717) is 11.8 Å². The Kier molecular flexibility index (Phi) is 5.12. The summed E-state index contributed by atoms with van der Waals surface area (Å²) in [4.78, 5) is 37.9. The molecule has 0 fully saturated rings. The molecule has 1 unspecified atom stereocenters. The number of aliphatic imine (C=N–C) groups is 1. The molecule has 0 aromatic heterocycles. The SMILES string of the molecule is C=CCC1(CF)SC(=O)[C@@](C)(c2cc([N+](=O)[O-])ccc2F)N=C1N=O. The summed E-state index contributed by atoms with van der Waals surface area (Å²) in [6.45, 7) is 3.55. The first kappa shape index (κ1) is 18.8. The molecule has 1 aromatic carbocycles. The number of carbonyl (C=O) groups excluding carboxylic acids is 1. The minimum absolute atomic E-state index is 0.0853. The van der Waals surface area contributed by atoms with E-state index >= 15 is 0 Å². The number of hydrogen-bond acceptors (Lipinski definition) is 7. The van der Waals surface area contributed by atoms with Crippen LogP contribution < -0.4 is 0 Å². The third kappa shape index (κ3) is 3.09. The monoisotopic (exact) mass is 369 g/mol. The first-order chi connectivity index (χ1) is 11.7. The average molecular weight is 369 g/mol. The predicted octanol–water partition coefficient (Wildman–Crippen LogP) is 3.67. The molecular formula is C15H13F2N3O4S. The molecule has 0 saturated carbocycles. The number of amidine groups is 1. The maximum absolute atomic E-state index is 14.2. The molecule has 0 aliphatic carbocycles. The number of rotatable bonds is 5. The quantitative estimate of drug-likeness (QED) is 0.341. The maximum atomic E-state index is 14.2. The van der Waals surface area contributed by atoms with Crippen LogP contribution in [-0.2, 0) is 10.3 Å². The normalized spacial score (nSPS) is 26.0. The number of carbonyl (C=O) groups is 1. The Labute approximate surface area is 145 Å². The number of nitro groups is 1. The smallest absolute Gasteiger partial charge is 0.270 e. The zero-order chi connectivity index (χ0) is 18.8. The van der Waals surface area contributed by atoms with Gasteiger partial charge in [0.2, 0.25) is 5.12 Å². The molecule has 0 radical (unpaired) electrons. The number of nitro benzene ring substituents is 1. The summed E-state index contributed by atoms with van der Waals surface area (Å²) in [6.07, 6.45) is 1.23. The Bertz CT molecular complexity index is 801. The van der Waals surface area contributed by atoms with Gasteiger partial charge in [-0.25, -0.2) is 13.8 Å². The van der Waals surface area contributed by atoms with Crippen LogP contribution in [0.3, 0.4) is 0 Å². The van der Waals surface area contributed by atoms with Gasteiger partial charge in [0.05, 0.1) is 4.92 Å². The molecule has 0 saturated heterocycles. The highest BCUT2D eigenvalue weighted by molar-refractivity contribution is 8.15. The van der Waals surface area contributed by atoms with Crippen LogP contribution in [0, 0.1) is 20.8 Å². The standard InChI is InChI=1S/C15H13F2N3O4S/c1-3-6-15(8-16)12(19-22)18-14(2,13(21)25-15)10-7-9(20(23)24)4-5-11(10)17/h3-5,7H,1,6,8H2,2H3/t14-,15?/m1/s1. The summed E-state index contributed by atoms with van der Waals surface area (Å²) in [7, 11) is 0. The van der Waals surface area contributed by atoms with Crippen LogP contribution in [0.15, 0.2) is 41.0 Å². The summed E-state index contributed by atoms with van der Waals surface area (Å²) in [5, 5.41) is 12.9. The molecule has 2 atom stereocenters. The van der Waals surface area contributed by atoms with Crippen molar-refractivity contribution in [2.45, 2.75) is 23.6 Å². The fourth-order valence-corrected chi connectivity index (χ4v) is 3.60. The van der Waals surface area contributed by atoms with E-state index in [4.69, 9.17) is 0 Å². The second-order valence-electron chi connectivity index (χ2n) is 5.53. The maximum Gasteiger partial charge on any atom is 0.270 e. The third-order valence-electron chi connectivity index (χ3n) is 3.88. The number of nitroso groups, excluding NO2 is 1. The van der Waals surface area contributed by atoms with Crippen molar-refractivity contribution in [1.29, 1.82) is 0 Å². The molecule has 7 nitrogen and oxygen atoms in total. The number of thioether (sulfide) groups is 1. The highest BCUT2D eigenvalue weighted by atomic mass is 32.2. The summed E-state index contributed by atoms with van der Waals surface area (Å²) < 4.78 is 26.2. The molecule has 0 spiro atoms. The number of alkyl halides is 1. The number of non-ortho nitro benzene ring substituents is 1. The van der Waals surface area contributed by atoms with Gasteiger partial charge in [0.1, 0.15) is 17.2 Å². The second-order valence-corrected chi connectivity index (χ2v) is 6.89. The Morgan fingerprint density at radius 2 is 2.20 bits per heavy atom. The van der Waals surface area contributed by atoms with Gasteiger partial charge in [0.15, 0.2) is 11.4 Å². The van der Waals surface area contributed by atoms with Crippen LogP contribution >= 0.6 is 11.8 Å². The van der Waals surface area contributed by atoms with Gasteiger partial charge >= 0.3 is 0 Å². The molecule has 0 bridgehead atoms. The third-order valence-corrected chi connectivity index (χ3v) is 5.32. The topological polar surface area (TPSA) is 102 Å². The Morgan fingerprint density at radius 1 is 1.52 bits per heavy atom. The van der Waals surface area contributed by atoms with Crippen LogP contribution in [0.25, 0.3) is 0 Å². The van der Waals surface area contributed by atoms with Crippen LogP contribution in [0.2, 0.25) is 0 Å². The second kappa shape index (κ2) is 6.79. The van der Waals surface area contributed by atoms with E-state index in [2.05, 4.69) is 16.7 Å². The van der Waals surface area contributed by atoms with E-state index < -0.39 is 44.3 Å². The molecule has 1 aliphatic rings. The lowest BCUT2D eigenvalue weighted by Gasteiger charge is -2.37. The van der Waals surface area contributed by atoms with E-state index in [0.717, 1.165) is 18.2 Å². The van der Waals surface area contributed by atoms with Gasteiger partial charge in [-0.15, -0.1) is 11.5 Å². The Morgan fingerprint density at radius 3 is 2.72 bits per heavy atom. The summed E-state index contributed by atoms with van der Waals surface area (Å²) in [6, 6.07) is 2.64. The van der Waals surface area contributed by atoms with Gasteiger partial charge < -0.3 is 0 Å². The van der Waals surface area contributed by atoms with Gasteiger partial charge in [-0.1, -0.05) is 17.8 Å². The van der Waals surface area contributed by atoms with E-state index in [9.17, 15) is 28.6 Å². The van der Waals surface area contributed by atoms with Gasteiger partial charge in [-0.2, -0.15) is 0 Å². The largest absolute Gasteiger partial charge is 0.284 e. The molecule has 1 heterocycles. The number of halogens is 2. The fraction of sp³-hybridized carbons (Fsp3) is 0.333. The number of nitrogens with zero attached hydrogens (tertiary/aromatic N) is 3. The molecule has 1 aliphatic heterocycles. The fourth-order valence-electron chi connectivity index (χ4n) is 2.46. The summed E-state index contributed by atoms with van der Waals surface area (Å²) in [5.41, 5.74) is -2.77. The van der Waals surface area contributed by atoms with Crippen molar-refractivity contribution < 1.29 is 18.5 Å². The number of benzene rings is 1. The first-order valence-corrected chi connectivity index (χ1v) is 7.84. The molecule has 2 rings (SSSR count). The zero-order valence-electron chi connectivity index (χ0n) is 13.1. The molecule has 132 valence electrons. The summed E-state index contributed by atoms with van der Waals surface area (Å²) in [5.74, 6) is -1.42. The molecular weight excluding hydrogens is 356 g/mol. The number of allylic oxidation sites excluding steroid dienone is 1. The van der Waals surface area contributed by atoms with E-state index in [-0.39, 0.29) is 12.0 Å². The van der Waals surface area contributed by atoms with Gasteiger partial charge in [-0.3, -0.25) is 14.9 Å². The van der Waals surface area contributed by atoms with Crippen LogP contribution in [0.5, 0.6) is 0 Å². The van der Waals surface area contributed by atoms with Crippen molar-refractivity contribution in [3.05, 3.63) is 57.3 Å². The van der Waals surface area contributed by atoms with Crippen LogP contribution in [0.4, 0.5) is 14.5 Å². The van der Waals surface area contributed by atoms with Gasteiger partial charge in [0.25, 0.3) is 5.69 Å². The summed E-state index contributed by atoms with van der Waals surface area (Å²) >= 11 is 0.470. The Balaban J connectivity index is 2.69. The van der Waals surface area contributed by atoms with Crippen LogP contribution in [-0.4, -0.2) is 27.3 Å². The highest BCUT2D eigenvalue weighted by Gasteiger charge is 2.52. The van der Waals surface area contributed by atoms with Gasteiger partial charge in [0, 0.05) is 17.7 Å². The van der Waals surface area contributed by atoms with Crippen molar-refractivity contribution in [2.24, 2.45) is 10.2 Å². The first-order valence-electron chi connectivity index (χ1n) is 7.02. The molecule has 0 amide bonds. The zero-order valence-corrected chi connectivity index (χ0v) is 13.9. The van der Waals surface area contributed by atoms with Crippen molar-refractivity contribution in [1.82, 2.24) is 0 Å². The van der Waals surface area contributed by atoms with Gasteiger partial charge in [-0.05, 0) is 24.6 Å². The van der Waals surface area contributed by atoms with E-state index in [1.54, 1.807) is 0 Å². The molecule has 1 aromatic rings. The number of hydrogen-bond donors (Lipinski definition) is 0. The van der Waals surface area contributed by atoms with E-state index in [1.165, 1.54) is 13.0 Å². The van der Waals surface area contributed by atoms with Crippen molar-refractivity contribution in [3.63, 3.8) is 0 Å².